The molecule has 0 aromatic heterocycles. The van der Waals surface area contributed by atoms with Crippen molar-refractivity contribution in [1.29, 1.82) is 0 Å². The lowest BCUT2D eigenvalue weighted by Crippen LogP contribution is -2.60. The molecule has 2 aliphatic heterocycles. The van der Waals surface area contributed by atoms with E-state index < -0.39 is 77.1 Å². The van der Waals surface area contributed by atoms with Crippen molar-refractivity contribution in [3.05, 3.63) is 77.9 Å². The van der Waals surface area contributed by atoms with Crippen LogP contribution in [0.2, 0.25) is 0 Å². The Hall–Kier alpha value is -4.91. The van der Waals surface area contributed by atoms with Crippen LogP contribution in [0.5, 0.6) is 0 Å². The summed E-state index contributed by atoms with van der Waals surface area (Å²) >= 11 is 0. The zero-order valence-corrected chi connectivity index (χ0v) is 28.6. The topological polar surface area (TPSA) is 178 Å². The van der Waals surface area contributed by atoms with Gasteiger partial charge in [-0.25, -0.2) is 14.4 Å². The Morgan fingerprint density at radius 2 is 1.76 bits per heavy atom. The van der Waals surface area contributed by atoms with E-state index in [0.29, 0.717) is 13.0 Å². The molecule has 2 aromatic rings. The molecule has 6 rings (SSSR count). The number of fused-ring (bicyclic) bond motifs is 2. The number of urea groups is 1. The Bertz CT molecular complexity index is 1710. The molecule has 1 saturated carbocycles. The van der Waals surface area contributed by atoms with Gasteiger partial charge in [-0.05, 0) is 47.4 Å². The highest BCUT2D eigenvalue weighted by Crippen LogP contribution is 2.45. The molecule has 0 radical (unpaired) electrons. The number of hydrogen-bond acceptors (Lipinski definition) is 7. The van der Waals surface area contributed by atoms with Gasteiger partial charge in [0.2, 0.25) is 11.8 Å². The summed E-state index contributed by atoms with van der Waals surface area (Å²) in [5, 5.41) is 29.0. The first-order valence-corrected chi connectivity index (χ1v) is 17.1. The molecule has 1 saturated heterocycles. The van der Waals surface area contributed by atoms with Gasteiger partial charge >= 0.3 is 18.1 Å². The minimum Gasteiger partial charge on any atom is -0.479 e. The zero-order valence-electron chi connectivity index (χ0n) is 28.6. The first kappa shape index (κ1) is 34.9. The number of carboxylic acid groups (broad SMARTS) is 1. The number of carbonyl (C=O) groups is 5. The summed E-state index contributed by atoms with van der Waals surface area (Å²) in [6.45, 7) is 9.31. The third-order valence-electron chi connectivity index (χ3n) is 10.3. The normalized spacial score (nSPS) is 27.3. The molecule has 2 heterocycles. The number of amides is 5. The molecule has 266 valence electrons. The van der Waals surface area contributed by atoms with E-state index in [1.165, 1.54) is 11.0 Å². The number of benzene rings is 2. The fraction of sp³-hybridized carbons (Fsp3) is 0.486. The number of hydrogen-bond donors (Lipinski definition) is 5. The molecule has 50 heavy (non-hydrogen) atoms. The molecule has 5 amide bonds. The maximum Gasteiger partial charge on any atom is 0.414 e. The number of anilines is 1. The largest absolute Gasteiger partial charge is 0.479 e. The predicted octanol–water partition coefficient (Wildman–Crippen LogP) is 3.06. The Morgan fingerprint density at radius 1 is 1.06 bits per heavy atom. The number of likely N-dealkylation sites (tertiary alicyclic amines) is 1. The summed E-state index contributed by atoms with van der Waals surface area (Å²) in [6, 6.07) is 11.3. The monoisotopic (exact) mass is 687 g/mol. The second-order valence-corrected chi connectivity index (χ2v) is 14.8. The molecule has 13 nitrogen and oxygen atoms in total. The number of nitrogens with zero attached hydrogens (tertiary/aromatic N) is 2. The number of aryl methyl sites for hydroxylation is 1. The molecular weight excluding hydrogens is 642 g/mol. The third-order valence-corrected chi connectivity index (χ3v) is 10.3. The van der Waals surface area contributed by atoms with E-state index in [4.69, 9.17) is 4.74 Å². The second-order valence-electron chi connectivity index (χ2n) is 14.8. The molecular formula is C37H45N5O8. The van der Waals surface area contributed by atoms with Crippen LogP contribution < -0.4 is 20.9 Å². The number of carboxylic acids is 1. The van der Waals surface area contributed by atoms with Crippen LogP contribution in [0.4, 0.5) is 15.3 Å². The number of aliphatic hydroxyl groups is 1. The van der Waals surface area contributed by atoms with Crippen LogP contribution in [0.15, 0.2) is 61.2 Å². The van der Waals surface area contributed by atoms with E-state index in [1.54, 1.807) is 25.7 Å². The van der Waals surface area contributed by atoms with Crippen LogP contribution in [-0.4, -0.2) is 87.9 Å². The van der Waals surface area contributed by atoms with Gasteiger partial charge in [-0.2, -0.15) is 0 Å². The van der Waals surface area contributed by atoms with Gasteiger partial charge in [-0.3, -0.25) is 14.5 Å². The van der Waals surface area contributed by atoms with Crippen molar-refractivity contribution in [3.8, 4) is 0 Å². The van der Waals surface area contributed by atoms with E-state index >= 15 is 0 Å². The summed E-state index contributed by atoms with van der Waals surface area (Å²) in [4.78, 5) is 70.1. The fourth-order valence-electron chi connectivity index (χ4n) is 7.47. The lowest BCUT2D eigenvalue weighted by molar-refractivity contribution is -0.144. The first-order valence-electron chi connectivity index (χ1n) is 17.1. The van der Waals surface area contributed by atoms with E-state index in [9.17, 15) is 34.2 Å². The number of ether oxygens (including phenoxy) is 1. The van der Waals surface area contributed by atoms with Crippen LogP contribution >= 0.6 is 0 Å². The van der Waals surface area contributed by atoms with Crippen molar-refractivity contribution in [3.63, 3.8) is 0 Å². The highest BCUT2D eigenvalue weighted by atomic mass is 16.6. The summed E-state index contributed by atoms with van der Waals surface area (Å²) < 4.78 is 5.90. The van der Waals surface area contributed by atoms with Gasteiger partial charge < -0.3 is 35.8 Å². The molecule has 13 heteroatoms. The van der Waals surface area contributed by atoms with Crippen molar-refractivity contribution in [2.45, 2.75) is 88.7 Å². The molecule has 7 atom stereocenters. The van der Waals surface area contributed by atoms with E-state index in [-0.39, 0.29) is 19.4 Å². The number of para-hydroxylation sites is 1. The number of carbonyl (C=O) groups excluding carboxylic acids is 4. The molecule has 0 bridgehead atoms. The number of nitrogens with one attached hydrogen (secondary N) is 3. The maximum absolute atomic E-state index is 14.1. The Balaban J connectivity index is 1.21. The standard InChI is InChI=1S/C37H45N5O8/c1-5-23-19-37(23,33(46)47)40-31(44)27-18-24(50-35(49)41-16-10-13-21-11-7-9-15-26(21)41)20-42(27)34(48)39-30(36(2,3)4)32(45)38-29-25-14-8-6-12-22(25)17-28(29)43/h5-9,11-12,14-15,23-24,27-30,43H,1,10,13,16-20H2,2-4H3,(H,38,45)(H,39,48)(H,40,44)(H,46,47)/t23-,24-,27+,28-,29+,30-,37-/m1/s1. The summed E-state index contributed by atoms with van der Waals surface area (Å²) in [5.41, 5.74) is 1.14. The van der Waals surface area contributed by atoms with Gasteiger partial charge in [0.1, 0.15) is 23.7 Å². The molecule has 0 unspecified atom stereocenters. The van der Waals surface area contributed by atoms with Crippen LogP contribution in [0, 0.1) is 11.3 Å². The highest BCUT2D eigenvalue weighted by Gasteiger charge is 2.61. The van der Waals surface area contributed by atoms with Gasteiger partial charge in [0.05, 0.1) is 24.4 Å². The van der Waals surface area contributed by atoms with E-state index in [1.807, 2.05) is 48.5 Å². The van der Waals surface area contributed by atoms with E-state index in [0.717, 1.165) is 35.2 Å². The van der Waals surface area contributed by atoms with Crippen molar-refractivity contribution < 1.29 is 38.9 Å². The van der Waals surface area contributed by atoms with Gasteiger partial charge in [0.25, 0.3) is 0 Å². The molecule has 2 aliphatic carbocycles. The summed E-state index contributed by atoms with van der Waals surface area (Å²) in [7, 11) is 0. The van der Waals surface area contributed by atoms with E-state index in [2.05, 4.69) is 22.5 Å². The smallest absolute Gasteiger partial charge is 0.414 e. The summed E-state index contributed by atoms with van der Waals surface area (Å²) in [5.74, 6) is -2.92. The minimum atomic E-state index is -1.54. The van der Waals surface area contributed by atoms with Crippen LogP contribution in [0.25, 0.3) is 0 Å². The Morgan fingerprint density at radius 3 is 2.44 bits per heavy atom. The Labute approximate surface area is 291 Å². The van der Waals surface area contributed by atoms with Crippen LogP contribution in [0.1, 0.15) is 62.8 Å². The fourth-order valence-corrected chi connectivity index (χ4v) is 7.47. The number of aliphatic hydroxyl groups excluding tert-OH is 1. The third kappa shape index (κ3) is 6.66. The molecule has 4 aliphatic rings. The molecule has 0 spiro atoms. The van der Waals surface area contributed by atoms with Gasteiger partial charge in [-0.15, -0.1) is 6.58 Å². The molecule has 2 aromatic carbocycles. The molecule has 2 fully saturated rings. The van der Waals surface area contributed by atoms with Gasteiger partial charge in [0.15, 0.2) is 0 Å². The van der Waals surface area contributed by atoms with Gasteiger partial charge in [0, 0.05) is 25.3 Å². The second kappa shape index (κ2) is 13.4. The lowest BCUT2D eigenvalue weighted by Gasteiger charge is -2.34. The summed E-state index contributed by atoms with van der Waals surface area (Å²) in [6.07, 6.45) is 1.17. The van der Waals surface area contributed by atoms with Crippen molar-refractivity contribution in [1.82, 2.24) is 20.9 Å². The quantitative estimate of drug-likeness (QED) is 0.263. The number of rotatable bonds is 8. The van der Waals surface area contributed by atoms with Crippen molar-refractivity contribution >= 4 is 35.6 Å². The van der Waals surface area contributed by atoms with Gasteiger partial charge in [-0.1, -0.05) is 69.3 Å². The van der Waals surface area contributed by atoms with Crippen LogP contribution in [0.3, 0.4) is 0 Å². The first-order chi connectivity index (χ1) is 23.7. The maximum atomic E-state index is 14.1. The van der Waals surface area contributed by atoms with Crippen LogP contribution in [-0.2, 0) is 32.0 Å². The van der Waals surface area contributed by atoms with Crippen molar-refractivity contribution in [2.24, 2.45) is 11.3 Å². The Kier molecular flexibility index (Phi) is 9.38. The minimum absolute atomic E-state index is 0.0770. The average Bonchev–Trinajstić information content (AvgIpc) is 3.49. The molecule has 5 N–H and O–H groups in total. The lowest BCUT2D eigenvalue weighted by atomic mass is 9.86. The highest BCUT2D eigenvalue weighted by molar-refractivity contribution is 5.96. The average molecular weight is 688 g/mol. The zero-order chi connectivity index (χ0) is 36.0. The van der Waals surface area contributed by atoms with Crippen molar-refractivity contribution in [2.75, 3.05) is 18.0 Å². The SMILES string of the molecule is C=C[C@@H]1C[C@]1(NC(=O)[C@@H]1C[C@@H](OC(=O)N2CCCc3ccccc32)CN1C(=O)N[C@H](C(=O)N[C@H]1c2ccccc2C[C@H]1O)C(C)(C)C)C(=O)O. The number of aliphatic carboxylic acids is 1. The predicted molar refractivity (Wildman–Crippen MR) is 183 cm³/mol.